The molecule has 0 bridgehead atoms. The SMILES string of the molecule is COc1cccc2c1O[C@H](c1ccc(C)cc1)C(C=O)=C2. The Bertz CT molecular complexity index is 699. The van der Waals surface area contributed by atoms with Gasteiger partial charge in [0.25, 0.3) is 0 Å². The van der Waals surface area contributed by atoms with Crippen LogP contribution in [-0.4, -0.2) is 13.4 Å². The molecule has 0 fully saturated rings. The summed E-state index contributed by atoms with van der Waals surface area (Å²) >= 11 is 0. The van der Waals surface area contributed by atoms with Crippen LogP contribution in [0, 0.1) is 6.92 Å². The van der Waals surface area contributed by atoms with Gasteiger partial charge in [-0.2, -0.15) is 0 Å². The fourth-order valence-corrected chi connectivity index (χ4v) is 2.47. The van der Waals surface area contributed by atoms with E-state index in [0.717, 1.165) is 17.4 Å². The average molecular weight is 280 g/mol. The molecule has 3 nitrogen and oxygen atoms in total. The molecule has 0 aliphatic carbocycles. The van der Waals surface area contributed by atoms with Gasteiger partial charge in [-0.25, -0.2) is 0 Å². The summed E-state index contributed by atoms with van der Waals surface area (Å²) in [6, 6.07) is 13.6. The molecule has 1 atom stereocenters. The molecular formula is C18H16O3. The molecule has 1 heterocycles. The van der Waals surface area contributed by atoms with Gasteiger partial charge in [-0.15, -0.1) is 0 Å². The molecule has 106 valence electrons. The lowest BCUT2D eigenvalue weighted by Crippen LogP contribution is -2.16. The Morgan fingerprint density at radius 3 is 2.57 bits per heavy atom. The molecule has 2 aromatic carbocycles. The number of hydrogen-bond acceptors (Lipinski definition) is 3. The highest BCUT2D eigenvalue weighted by molar-refractivity contribution is 5.86. The molecule has 0 spiro atoms. The molecule has 21 heavy (non-hydrogen) atoms. The molecule has 1 aliphatic heterocycles. The molecule has 0 unspecified atom stereocenters. The van der Waals surface area contributed by atoms with Crippen LogP contribution in [0.5, 0.6) is 11.5 Å². The molecule has 3 rings (SSSR count). The maximum atomic E-state index is 11.4. The summed E-state index contributed by atoms with van der Waals surface area (Å²) in [5.74, 6) is 1.35. The van der Waals surface area contributed by atoms with Gasteiger partial charge in [0.15, 0.2) is 17.6 Å². The Hall–Kier alpha value is -2.55. The first-order valence-corrected chi connectivity index (χ1v) is 6.80. The van der Waals surface area contributed by atoms with Crippen LogP contribution in [0.1, 0.15) is 22.8 Å². The van der Waals surface area contributed by atoms with E-state index in [9.17, 15) is 4.79 Å². The largest absolute Gasteiger partial charge is 0.493 e. The zero-order chi connectivity index (χ0) is 14.8. The minimum atomic E-state index is -0.396. The Morgan fingerprint density at radius 1 is 1.14 bits per heavy atom. The van der Waals surface area contributed by atoms with Crippen molar-refractivity contribution in [3.63, 3.8) is 0 Å². The van der Waals surface area contributed by atoms with E-state index in [0.29, 0.717) is 17.1 Å². The third kappa shape index (κ3) is 2.42. The number of rotatable bonds is 3. The van der Waals surface area contributed by atoms with Gasteiger partial charge >= 0.3 is 0 Å². The van der Waals surface area contributed by atoms with Gasteiger partial charge in [-0.3, -0.25) is 4.79 Å². The third-order valence-electron chi connectivity index (χ3n) is 3.61. The van der Waals surface area contributed by atoms with E-state index in [-0.39, 0.29) is 0 Å². The van der Waals surface area contributed by atoms with Crippen LogP contribution in [0.4, 0.5) is 0 Å². The normalized spacial score (nSPS) is 16.5. The maximum absolute atomic E-state index is 11.4. The zero-order valence-electron chi connectivity index (χ0n) is 12.0. The van der Waals surface area contributed by atoms with Crippen molar-refractivity contribution in [1.82, 2.24) is 0 Å². The van der Waals surface area contributed by atoms with Crippen molar-refractivity contribution in [3.05, 3.63) is 64.7 Å². The summed E-state index contributed by atoms with van der Waals surface area (Å²) in [5, 5.41) is 0. The number of hydrogen-bond donors (Lipinski definition) is 0. The average Bonchev–Trinajstić information content (AvgIpc) is 2.53. The van der Waals surface area contributed by atoms with Crippen LogP contribution in [0.25, 0.3) is 6.08 Å². The molecule has 0 aromatic heterocycles. The summed E-state index contributed by atoms with van der Waals surface area (Å²) in [4.78, 5) is 11.4. The molecule has 1 aliphatic rings. The molecule has 0 radical (unpaired) electrons. The number of carbonyl (C=O) groups is 1. The quantitative estimate of drug-likeness (QED) is 0.804. The lowest BCUT2D eigenvalue weighted by molar-refractivity contribution is -0.105. The van der Waals surface area contributed by atoms with Crippen LogP contribution >= 0.6 is 0 Å². The molecule has 3 heteroatoms. The van der Waals surface area contributed by atoms with Crippen molar-refractivity contribution in [3.8, 4) is 11.5 Å². The standard InChI is InChI=1S/C18H16O3/c1-12-6-8-13(9-7-12)17-15(11-19)10-14-4-3-5-16(20-2)18(14)21-17/h3-11,17H,1-2H3/t17-/m1/s1. The van der Waals surface area contributed by atoms with Crippen LogP contribution in [-0.2, 0) is 4.79 Å². The number of methoxy groups -OCH3 is 1. The van der Waals surface area contributed by atoms with Crippen molar-refractivity contribution >= 4 is 12.4 Å². The molecular weight excluding hydrogens is 264 g/mol. The van der Waals surface area contributed by atoms with Crippen molar-refractivity contribution in [2.45, 2.75) is 13.0 Å². The van der Waals surface area contributed by atoms with E-state index in [4.69, 9.17) is 9.47 Å². The zero-order valence-corrected chi connectivity index (χ0v) is 12.0. The van der Waals surface area contributed by atoms with E-state index in [2.05, 4.69) is 0 Å². The van der Waals surface area contributed by atoms with Gasteiger partial charge in [0.2, 0.25) is 0 Å². The van der Waals surface area contributed by atoms with E-state index < -0.39 is 6.10 Å². The smallest absolute Gasteiger partial charge is 0.169 e. The first-order valence-electron chi connectivity index (χ1n) is 6.80. The first-order chi connectivity index (χ1) is 10.2. The van der Waals surface area contributed by atoms with Gasteiger partial charge in [0, 0.05) is 11.1 Å². The summed E-state index contributed by atoms with van der Waals surface area (Å²) < 4.78 is 11.4. The minimum absolute atomic E-state index is 0.396. The maximum Gasteiger partial charge on any atom is 0.169 e. The van der Waals surface area contributed by atoms with E-state index in [1.807, 2.05) is 55.5 Å². The van der Waals surface area contributed by atoms with Crippen LogP contribution in [0.3, 0.4) is 0 Å². The number of para-hydroxylation sites is 1. The highest BCUT2D eigenvalue weighted by Crippen LogP contribution is 2.41. The molecule has 0 saturated carbocycles. The van der Waals surface area contributed by atoms with Gasteiger partial charge in [0.05, 0.1) is 7.11 Å². The predicted octanol–water partition coefficient (Wildman–Crippen LogP) is 3.72. The number of ether oxygens (including phenoxy) is 2. The molecule has 0 amide bonds. The molecule has 0 saturated heterocycles. The third-order valence-corrected chi connectivity index (χ3v) is 3.61. The summed E-state index contributed by atoms with van der Waals surface area (Å²) in [7, 11) is 1.61. The Kier molecular flexibility index (Phi) is 3.48. The topological polar surface area (TPSA) is 35.5 Å². The number of aldehydes is 1. The van der Waals surface area contributed by atoms with E-state index in [1.54, 1.807) is 7.11 Å². The van der Waals surface area contributed by atoms with Crippen molar-refractivity contribution in [1.29, 1.82) is 0 Å². The Morgan fingerprint density at radius 2 is 1.90 bits per heavy atom. The van der Waals surface area contributed by atoms with Gasteiger partial charge < -0.3 is 9.47 Å². The summed E-state index contributed by atoms with van der Waals surface area (Å²) in [5.41, 5.74) is 3.60. The number of aryl methyl sites for hydroxylation is 1. The minimum Gasteiger partial charge on any atom is -0.493 e. The fraction of sp³-hybridized carbons (Fsp3) is 0.167. The molecule has 0 N–H and O–H groups in total. The van der Waals surface area contributed by atoms with E-state index >= 15 is 0 Å². The number of carbonyl (C=O) groups excluding carboxylic acids is 1. The first kappa shape index (κ1) is 13.4. The van der Waals surface area contributed by atoms with Gasteiger partial charge in [-0.1, -0.05) is 42.0 Å². The second-order valence-electron chi connectivity index (χ2n) is 5.05. The highest BCUT2D eigenvalue weighted by Gasteiger charge is 2.26. The van der Waals surface area contributed by atoms with Crippen LogP contribution < -0.4 is 9.47 Å². The lowest BCUT2D eigenvalue weighted by Gasteiger charge is -2.26. The highest BCUT2D eigenvalue weighted by atomic mass is 16.5. The van der Waals surface area contributed by atoms with Crippen molar-refractivity contribution in [2.75, 3.05) is 7.11 Å². The van der Waals surface area contributed by atoms with Crippen molar-refractivity contribution < 1.29 is 14.3 Å². The molecule has 2 aromatic rings. The van der Waals surface area contributed by atoms with Crippen molar-refractivity contribution in [2.24, 2.45) is 0 Å². The summed E-state index contributed by atoms with van der Waals surface area (Å²) in [6.07, 6.45) is 2.32. The number of fused-ring (bicyclic) bond motifs is 1. The monoisotopic (exact) mass is 280 g/mol. The Labute approximate surface area is 123 Å². The van der Waals surface area contributed by atoms with Gasteiger partial charge in [0.1, 0.15) is 6.29 Å². The second-order valence-corrected chi connectivity index (χ2v) is 5.05. The van der Waals surface area contributed by atoms with Crippen LogP contribution in [0.2, 0.25) is 0 Å². The summed E-state index contributed by atoms with van der Waals surface area (Å²) in [6.45, 7) is 2.03. The van der Waals surface area contributed by atoms with Gasteiger partial charge in [-0.05, 0) is 24.6 Å². The predicted molar refractivity (Wildman–Crippen MR) is 81.6 cm³/mol. The lowest BCUT2D eigenvalue weighted by atomic mass is 9.96. The second kappa shape index (κ2) is 5.44. The number of benzene rings is 2. The van der Waals surface area contributed by atoms with Crippen LogP contribution in [0.15, 0.2) is 48.0 Å². The fourth-order valence-electron chi connectivity index (χ4n) is 2.47. The van der Waals surface area contributed by atoms with E-state index in [1.165, 1.54) is 5.56 Å². The Balaban J connectivity index is 2.08.